The fourth-order valence-electron chi connectivity index (χ4n) is 2.91. The highest BCUT2D eigenvalue weighted by Crippen LogP contribution is 2.29. The number of rotatable bonds is 5. The summed E-state index contributed by atoms with van der Waals surface area (Å²) in [4.78, 5) is 13.7. The molecule has 5 nitrogen and oxygen atoms in total. The molecule has 1 aliphatic heterocycles. The average molecular weight is 392 g/mol. The SMILES string of the molecule is O=C(CCc1cc(F)c(F)cc1F)CN1CCn2c(nnc2C(F)(F)F)C1. The number of hydrogen-bond acceptors (Lipinski definition) is 4. The van der Waals surface area contributed by atoms with E-state index in [-0.39, 0.29) is 56.2 Å². The number of carbonyl (C=O) groups is 1. The minimum absolute atomic E-state index is 0.0116. The molecule has 0 fully saturated rings. The number of carbonyl (C=O) groups excluding carboxylic acids is 1. The number of nitrogens with zero attached hydrogens (tertiary/aromatic N) is 4. The zero-order valence-corrected chi connectivity index (χ0v) is 13.9. The third-order valence-electron chi connectivity index (χ3n) is 4.25. The van der Waals surface area contributed by atoms with Gasteiger partial charge in [-0.25, -0.2) is 13.2 Å². The summed E-state index contributed by atoms with van der Waals surface area (Å²) in [6.07, 6.45) is -4.82. The summed E-state index contributed by atoms with van der Waals surface area (Å²) in [5.74, 6) is -4.71. The maximum absolute atomic E-state index is 13.6. The lowest BCUT2D eigenvalue weighted by Gasteiger charge is -2.27. The van der Waals surface area contributed by atoms with E-state index in [0.29, 0.717) is 12.1 Å². The second-order valence-corrected chi connectivity index (χ2v) is 6.20. The molecule has 1 aromatic carbocycles. The maximum Gasteiger partial charge on any atom is 0.451 e. The molecule has 0 radical (unpaired) electrons. The normalized spacial score (nSPS) is 15.0. The number of halogens is 6. The number of hydrogen-bond donors (Lipinski definition) is 0. The van der Waals surface area contributed by atoms with E-state index in [1.807, 2.05) is 0 Å². The second kappa shape index (κ2) is 7.29. The van der Waals surface area contributed by atoms with Gasteiger partial charge in [-0.1, -0.05) is 0 Å². The molecule has 0 amide bonds. The van der Waals surface area contributed by atoms with Crippen LogP contribution in [0.2, 0.25) is 0 Å². The van der Waals surface area contributed by atoms with Gasteiger partial charge in [0.25, 0.3) is 0 Å². The van der Waals surface area contributed by atoms with Crippen molar-refractivity contribution < 1.29 is 31.1 Å². The van der Waals surface area contributed by atoms with Crippen LogP contribution in [0.1, 0.15) is 23.6 Å². The molecule has 0 aliphatic carbocycles. The van der Waals surface area contributed by atoms with Gasteiger partial charge in [-0.05, 0) is 18.1 Å². The molecule has 0 unspecified atom stereocenters. The van der Waals surface area contributed by atoms with Crippen LogP contribution in [-0.2, 0) is 30.5 Å². The summed E-state index contributed by atoms with van der Waals surface area (Å²) in [5.41, 5.74) is -0.115. The Kier molecular flexibility index (Phi) is 5.22. The highest BCUT2D eigenvalue weighted by atomic mass is 19.4. The third kappa shape index (κ3) is 4.29. The molecule has 0 spiro atoms. The highest BCUT2D eigenvalue weighted by molar-refractivity contribution is 5.80. The van der Waals surface area contributed by atoms with E-state index in [9.17, 15) is 31.1 Å². The molecule has 27 heavy (non-hydrogen) atoms. The molecule has 3 rings (SSSR count). The number of aromatic nitrogens is 3. The van der Waals surface area contributed by atoms with Crippen LogP contribution in [0.3, 0.4) is 0 Å². The fourth-order valence-corrected chi connectivity index (χ4v) is 2.91. The molecule has 1 aliphatic rings. The van der Waals surface area contributed by atoms with Crippen molar-refractivity contribution in [2.45, 2.75) is 32.1 Å². The first kappa shape index (κ1) is 19.3. The van der Waals surface area contributed by atoms with Gasteiger partial charge in [0, 0.05) is 25.6 Å². The quantitative estimate of drug-likeness (QED) is 0.580. The Morgan fingerprint density at radius 2 is 1.74 bits per heavy atom. The Balaban J connectivity index is 1.57. The Labute approximate surface area is 149 Å². The molecular formula is C16H14F6N4O. The smallest absolute Gasteiger partial charge is 0.305 e. The Morgan fingerprint density at radius 1 is 1.04 bits per heavy atom. The van der Waals surface area contributed by atoms with Gasteiger partial charge in [-0.3, -0.25) is 9.69 Å². The van der Waals surface area contributed by atoms with E-state index in [2.05, 4.69) is 10.2 Å². The van der Waals surface area contributed by atoms with Crippen molar-refractivity contribution in [3.63, 3.8) is 0 Å². The first-order valence-electron chi connectivity index (χ1n) is 8.02. The molecule has 0 atom stereocenters. The van der Waals surface area contributed by atoms with Crippen molar-refractivity contribution >= 4 is 5.78 Å². The summed E-state index contributed by atoms with van der Waals surface area (Å²) >= 11 is 0. The minimum Gasteiger partial charge on any atom is -0.305 e. The van der Waals surface area contributed by atoms with Crippen LogP contribution < -0.4 is 0 Å². The van der Waals surface area contributed by atoms with Gasteiger partial charge in [0.05, 0.1) is 13.1 Å². The van der Waals surface area contributed by atoms with Crippen LogP contribution in [0.5, 0.6) is 0 Å². The van der Waals surface area contributed by atoms with Gasteiger partial charge in [0.15, 0.2) is 11.6 Å². The molecule has 0 saturated carbocycles. The van der Waals surface area contributed by atoms with E-state index in [0.717, 1.165) is 4.57 Å². The minimum atomic E-state index is -4.60. The topological polar surface area (TPSA) is 51.0 Å². The lowest BCUT2D eigenvalue weighted by atomic mass is 10.1. The van der Waals surface area contributed by atoms with E-state index in [1.54, 1.807) is 4.90 Å². The standard InChI is InChI=1S/C16H14F6N4O/c17-11-6-13(19)12(18)5-9(11)1-2-10(27)7-25-3-4-26-14(8-25)23-24-15(26)16(20,21)22/h5-6H,1-4,7-8H2. The zero-order chi connectivity index (χ0) is 19.8. The predicted octanol–water partition coefficient (Wildman–Crippen LogP) is 2.73. The van der Waals surface area contributed by atoms with Gasteiger partial charge >= 0.3 is 6.18 Å². The molecule has 11 heteroatoms. The summed E-state index contributed by atoms with van der Waals surface area (Å²) in [6, 6.07) is 1.13. The number of benzene rings is 1. The highest BCUT2D eigenvalue weighted by Gasteiger charge is 2.39. The van der Waals surface area contributed by atoms with Gasteiger partial charge < -0.3 is 4.57 Å². The number of ketones is 1. The number of alkyl halides is 3. The van der Waals surface area contributed by atoms with Crippen LogP contribution in [0, 0.1) is 17.5 Å². The van der Waals surface area contributed by atoms with Crippen molar-refractivity contribution in [3.8, 4) is 0 Å². The number of aryl methyl sites for hydroxylation is 1. The molecule has 0 bridgehead atoms. The van der Waals surface area contributed by atoms with Crippen LogP contribution in [0.25, 0.3) is 0 Å². The fraction of sp³-hybridized carbons (Fsp3) is 0.438. The van der Waals surface area contributed by atoms with Gasteiger partial charge in [0.2, 0.25) is 5.82 Å². The largest absolute Gasteiger partial charge is 0.451 e. The Bertz CT molecular complexity index is 863. The average Bonchev–Trinajstić information content (AvgIpc) is 3.00. The number of Topliss-reactive ketones (excluding diaryl/α,β-unsaturated/α-hetero) is 1. The molecule has 1 aromatic heterocycles. The summed E-state index contributed by atoms with van der Waals surface area (Å²) in [5, 5.41) is 6.67. The molecule has 0 saturated heterocycles. The van der Waals surface area contributed by atoms with Crippen LogP contribution in [0.4, 0.5) is 26.3 Å². The maximum atomic E-state index is 13.6. The van der Waals surface area contributed by atoms with Crippen molar-refractivity contribution in [3.05, 3.63) is 46.8 Å². The molecule has 2 heterocycles. The van der Waals surface area contributed by atoms with E-state index >= 15 is 0 Å². The Morgan fingerprint density at radius 3 is 2.44 bits per heavy atom. The van der Waals surface area contributed by atoms with Gasteiger partial charge in [0.1, 0.15) is 17.4 Å². The predicted molar refractivity (Wildman–Crippen MR) is 79.9 cm³/mol. The van der Waals surface area contributed by atoms with Crippen LogP contribution in [0.15, 0.2) is 12.1 Å². The number of fused-ring (bicyclic) bond motifs is 1. The molecule has 0 N–H and O–H groups in total. The van der Waals surface area contributed by atoms with Crippen molar-refractivity contribution in [2.24, 2.45) is 0 Å². The van der Waals surface area contributed by atoms with E-state index in [4.69, 9.17) is 0 Å². The third-order valence-corrected chi connectivity index (χ3v) is 4.25. The first-order chi connectivity index (χ1) is 12.6. The summed E-state index contributed by atoms with van der Waals surface area (Å²) < 4.78 is 79.0. The molecule has 2 aromatic rings. The van der Waals surface area contributed by atoms with Crippen molar-refractivity contribution in [1.82, 2.24) is 19.7 Å². The first-order valence-corrected chi connectivity index (χ1v) is 8.02. The van der Waals surface area contributed by atoms with Crippen LogP contribution >= 0.6 is 0 Å². The summed E-state index contributed by atoms with van der Waals surface area (Å²) in [6.45, 7) is 0.134. The Hall–Kier alpha value is -2.43. The van der Waals surface area contributed by atoms with Crippen LogP contribution in [-0.4, -0.2) is 38.5 Å². The zero-order valence-electron chi connectivity index (χ0n) is 13.9. The van der Waals surface area contributed by atoms with Gasteiger partial charge in [-0.15, -0.1) is 10.2 Å². The van der Waals surface area contributed by atoms with Gasteiger partial charge in [-0.2, -0.15) is 13.2 Å². The lowest BCUT2D eigenvalue weighted by molar-refractivity contribution is -0.148. The monoisotopic (exact) mass is 392 g/mol. The molecular weight excluding hydrogens is 378 g/mol. The second-order valence-electron chi connectivity index (χ2n) is 6.20. The summed E-state index contributed by atoms with van der Waals surface area (Å²) in [7, 11) is 0. The molecule has 146 valence electrons. The lowest BCUT2D eigenvalue weighted by Crippen LogP contribution is -2.38. The van der Waals surface area contributed by atoms with Crippen molar-refractivity contribution in [2.75, 3.05) is 13.1 Å². The van der Waals surface area contributed by atoms with E-state index in [1.165, 1.54) is 0 Å². The van der Waals surface area contributed by atoms with Crippen molar-refractivity contribution in [1.29, 1.82) is 0 Å². The van der Waals surface area contributed by atoms with E-state index < -0.39 is 29.5 Å².